The molecule has 0 radical (unpaired) electrons. The molecule has 0 heterocycles. The van der Waals surface area contributed by atoms with Crippen molar-refractivity contribution in [3.63, 3.8) is 0 Å². The van der Waals surface area contributed by atoms with Crippen LogP contribution in [-0.2, 0) is 4.57 Å². The quantitative estimate of drug-likeness (QED) is 0.137. The molecule has 0 aliphatic rings. The molecule has 0 unspecified atom stereocenters. The predicted molar refractivity (Wildman–Crippen MR) is 83.3 cm³/mol. The zero-order chi connectivity index (χ0) is 16.4. The summed E-state index contributed by atoms with van der Waals surface area (Å²) in [6, 6.07) is 0. The molecule has 0 aromatic heterocycles. The van der Waals surface area contributed by atoms with Crippen molar-refractivity contribution in [3.05, 3.63) is 6.92 Å². The van der Waals surface area contributed by atoms with E-state index in [0.717, 1.165) is 6.42 Å². The van der Waals surface area contributed by atoms with E-state index >= 15 is 0 Å². The molecule has 0 rings (SSSR count). The summed E-state index contributed by atoms with van der Waals surface area (Å²) in [6.45, 7) is 6.16. The van der Waals surface area contributed by atoms with Crippen LogP contribution in [0.3, 0.4) is 0 Å². The number of rotatable bonds is 13. The second kappa shape index (κ2) is 35.0. The fourth-order valence-electron chi connectivity index (χ4n) is 2.19. The van der Waals surface area contributed by atoms with Crippen molar-refractivity contribution >= 4 is 7.82 Å². The van der Waals surface area contributed by atoms with Gasteiger partial charge in [0, 0.05) is 0 Å². The second-order valence-corrected chi connectivity index (χ2v) is 6.44. The smallest absolute Gasteiger partial charge is 0.822 e. The van der Waals surface area contributed by atoms with Crippen LogP contribution in [0.25, 0.3) is 0 Å². The maximum Gasteiger partial charge on any atom is 1.00 e. The topological polar surface area (TPSA) is 86.2 Å². The summed E-state index contributed by atoms with van der Waals surface area (Å²) in [5.74, 6) is 0. The number of hydrogen-bond donors (Lipinski definition) is 0. The Hall–Kier alpha value is 3.54. The van der Waals surface area contributed by atoms with Gasteiger partial charge in [0.2, 0.25) is 0 Å². The average molecular weight is 380 g/mol. The standard InChI is InChI=1S/C16H33.K.3Li.H3O4P/c1-3-5-7-9-11-13-15-16-14-12-10-8-6-4-2;;;;;1-5(2,3)4/h1,3-16H2,2H3;;;;;(H3,1,2,3,4)/q-1;4*+1;/p-3. The predicted octanol–water partition coefficient (Wildman–Crippen LogP) is -8.51. The van der Waals surface area contributed by atoms with Crippen LogP contribution in [0.1, 0.15) is 96.8 Å². The number of phosphoric acid groups is 1. The second-order valence-electron chi connectivity index (χ2n) is 5.54. The van der Waals surface area contributed by atoms with Crippen molar-refractivity contribution in [1.82, 2.24) is 0 Å². The Balaban J connectivity index is -0.0000000887. The van der Waals surface area contributed by atoms with Crippen LogP contribution in [-0.4, -0.2) is 0 Å². The summed E-state index contributed by atoms with van der Waals surface area (Å²) in [5, 5.41) is 0. The number of unbranched alkanes of at least 4 members (excludes halogenated alkanes) is 13. The van der Waals surface area contributed by atoms with Gasteiger partial charge in [0.15, 0.2) is 0 Å². The van der Waals surface area contributed by atoms with Gasteiger partial charge >= 0.3 is 108 Å². The van der Waals surface area contributed by atoms with Crippen LogP contribution in [0, 0.1) is 6.92 Å². The molecular formula is C16H33KLi3O4P. The van der Waals surface area contributed by atoms with Gasteiger partial charge in [-0.1, -0.05) is 90.4 Å². The van der Waals surface area contributed by atoms with Crippen LogP contribution in [0.4, 0.5) is 0 Å². The van der Waals surface area contributed by atoms with Crippen molar-refractivity contribution < 1.29 is 127 Å². The minimum Gasteiger partial charge on any atom is -0.822 e. The van der Waals surface area contributed by atoms with E-state index in [1.165, 1.54) is 83.5 Å². The maximum atomic E-state index is 8.55. The van der Waals surface area contributed by atoms with Crippen LogP contribution in [0.5, 0.6) is 0 Å². The SMILES string of the molecule is O=P([O-])([O-])[O-].[CH2-]CCCCCCCCCCCCCCC.[K+].[Li+].[Li+].[Li+]. The summed E-state index contributed by atoms with van der Waals surface area (Å²) < 4.78 is 8.55. The van der Waals surface area contributed by atoms with E-state index in [9.17, 15) is 0 Å². The van der Waals surface area contributed by atoms with Gasteiger partial charge in [0.05, 0.1) is 0 Å². The van der Waals surface area contributed by atoms with Crippen molar-refractivity contribution in [2.75, 3.05) is 0 Å². The Morgan fingerprint density at radius 2 is 0.840 bits per heavy atom. The first kappa shape index (κ1) is 42.6. The van der Waals surface area contributed by atoms with E-state index in [1.54, 1.807) is 0 Å². The monoisotopic (exact) mass is 380 g/mol. The van der Waals surface area contributed by atoms with Crippen LogP contribution in [0.2, 0.25) is 0 Å². The molecule has 0 N–H and O–H groups in total. The molecular weight excluding hydrogens is 347 g/mol. The van der Waals surface area contributed by atoms with E-state index in [4.69, 9.17) is 19.2 Å². The third-order valence-corrected chi connectivity index (χ3v) is 3.35. The van der Waals surface area contributed by atoms with Crippen molar-refractivity contribution in [3.8, 4) is 0 Å². The first-order chi connectivity index (χ1) is 9.91. The van der Waals surface area contributed by atoms with Crippen LogP contribution >= 0.6 is 7.82 Å². The zero-order valence-electron chi connectivity index (χ0n) is 17.7. The fraction of sp³-hybridized carbons (Fsp3) is 0.938. The van der Waals surface area contributed by atoms with E-state index in [1.807, 2.05) is 0 Å². The molecule has 0 saturated heterocycles. The van der Waals surface area contributed by atoms with Gasteiger partial charge in [-0.15, -0.1) is 0 Å². The minimum absolute atomic E-state index is 0. The zero-order valence-corrected chi connectivity index (χ0v) is 21.7. The molecule has 0 aliphatic heterocycles. The molecule has 0 aromatic rings. The van der Waals surface area contributed by atoms with Gasteiger partial charge in [-0.3, -0.25) is 0 Å². The van der Waals surface area contributed by atoms with Crippen LogP contribution in [0.15, 0.2) is 0 Å². The Morgan fingerprint density at radius 3 is 1.04 bits per heavy atom. The van der Waals surface area contributed by atoms with E-state index < -0.39 is 7.82 Å². The number of hydrogen-bond acceptors (Lipinski definition) is 4. The average Bonchev–Trinajstić information content (AvgIpc) is 2.38. The summed E-state index contributed by atoms with van der Waals surface area (Å²) >= 11 is 0. The van der Waals surface area contributed by atoms with E-state index in [-0.39, 0.29) is 108 Å². The molecule has 0 saturated carbocycles. The summed E-state index contributed by atoms with van der Waals surface area (Å²) in [6.07, 6.45) is 19.8. The Morgan fingerprint density at radius 1 is 0.640 bits per heavy atom. The molecule has 25 heavy (non-hydrogen) atoms. The van der Waals surface area contributed by atoms with Gasteiger partial charge in [-0.05, 0) is 0 Å². The Bertz CT molecular complexity index is 225. The van der Waals surface area contributed by atoms with E-state index in [0.29, 0.717) is 0 Å². The van der Waals surface area contributed by atoms with E-state index in [2.05, 4.69) is 13.8 Å². The molecule has 0 aliphatic carbocycles. The third kappa shape index (κ3) is 65.7. The van der Waals surface area contributed by atoms with Gasteiger partial charge in [0.25, 0.3) is 0 Å². The Kier molecular flexibility index (Phi) is 59.7. The molecule has 9 heteroatoms. The van der Waals surface area contributed by atoms with Crippen molar-refractivity contribution in [1.29, 1.82) is 0 Å². The van der Waals surface area contributed by atoms with Crippen molar-refractivity contribution in [2.45, 2.75) is 96.8 Å². The third-order valence-electron chi connectivity index (χ3n) is 3.35. The largest absolute Gasteiger partial charge is 1.00 e. The van der Waals surface area contributed by atoms with Gasteiger partial charge in [0.1, 0.15) is 0 Å². The molecule has 0 spiro atoms. The first-order valence-electron chi connectivity index (χ1n) is 8.44. The minimum atomic E-state index is -5.39. The maximum absolute atomic E-state index is 8.55. The van der Waals surface area contributed by atoms with Gasteiger partial charge in [-0.25, -0.2) is 0 Å². The van der Waals surface area contributed by atoms with Gasteiger partial charge < -0.3 is 26.2 Å². The molecule has 130 valence electrons. The molecule has 4 nitrogen and oxygen atoms in total. The summed E-state index contributed by atoms with van der Waals surface area (Å²) in [4.78, 5) is 25.6. The molecule has 0 aromatic carbocycles. The molecule has 0 atom stereocenters. The molecule has 0 fully saturated rings. The molecule has 0 bridgehead atoms. The fourth-order valence-corrected chi connectivity index (χ4v) is 2.19. The Labute approximate surface area is 235 Å². The van der Waals surface area contributed by atoms with Gasteiger partial charge in [-0.2, -0.15) is 14.2 Å². The summed E-state index contributed by atoms with van der Waals surface area (Å²) in [5.41, 5.74) is 0. The first-order valence-corrected chi connectivity index (χ1v) is 9.90. The van der Waals surface area contributed by atoms with Crippen molar-refractivity contribution in [2.24, 2.45) is 0 Å². The van der Waals surface area contributed by atoms with Crippen LogP contribution < -0.4 is 123 Å². The molecule has 0 amide bonds. The normalized spacial score (nSPS) is 9.32. The summed E-state index contributed by atoms with van der Waals surface area (Å²) in [7, 11) is -5.39.